The maximum Gasteiger partial charge on any atom is 0.194 e. The molecule has 3 nitrogen and oxygen atoms in total. The molecule has 1 aromatic carbocycles. The summed E-state index contributed by atoms with van der Waals surface area (Å²) in [5.41, 5.74) is 3.12. The Labute approximate surface area is 95.0 Å². The SMILES string of the molecule is Cc1cc(O)c2c(c1)C/C(=C/N(C)C)C2=O. The molecule has 0 heterocycles. The first-order valence-electron chi connectivity index (χ1n) is 5.23. The fourth-order valence-corrected chi connectivity index (χ4v) is 2.10. The van der Waals surface area contributed by atoms with E-state index in [0.29, 0.717) is 12.0 Å². The Kier molecular flexibility index (Phi) is 2.46. The summed E-state index contributed by atoms with van der Waals surface area (Å²) in [4.78, 5) is 13.9. The molecule has 1 aliphatic carbocycles. The normalized spacial score (nSPS) is 16.7. The maximum atomic E-state index is 12.0. The number of ketones is 1. The smallest absolute Gasteiger partial charge is 0.194 e. The molecule has 0 fully saturated rings. The summed E-state index contributed by atoms with van der Waals surface area (Å²) in [6.45, 7) is 1.91. The lowest BCUT2D eigenvalue weighted by Crippen LogP contribution is -2.06. The summed E-state index contributed by atoms with van der Waals surface area (Å²) >= 11 is 0. The van der Waals surface area contributed by atoms with Crippen LogP contribution < -0.4 is 0 Å². The van der Waals surface area contributed by atoms with Gasteiger partial charge in [0.25, 0.3) is 0 Å². The molecule has 2 rings (SSSR count). The van der Waals surface area contributed by atoms with Crippen molar-refractivity contribution >= 4 is 5.78 Å². The molecule has 0 radical (unpaired) electrons. The third-order valence-corrected chi connectivity index (χ3v) is 2.66. The highest BCUT2D eigenvalue weighted by Gasteiger charge is 2.28. The average molecular weight is 217 g/mol. The number of benzene rings is 1. The van der Waals surface area contributed by atoms with Crippen LogP contribution in [0, 0.1) is 6.92 Å². The number of phenols is 1. The third-order valence-electron chi connectivity index (χ3n) is 2.66. The van der Waals surface area contributed by atoms with E-state index in [2.05, 4.69) is 0 Å². The number of hydrogen-bond acceptors (Lipinski definition) is 3. The molecule has 1 N–H and O–H groups in total. The first-order valence-corrected chi connectivity index (χ1v) is 5.23. The van der Waals surface area contributed by atoms with Crippen molar-refractivity contribution in [3.05, 3.63) is 40.6 Å². The Morgan fingerprint density at radius 2 is 2.06 bits per heavy atom. The highest BCUT2D eigenvalue weighted by atomic mass is 16.3. The van der Waals surface area contributed by atoms with Crippen LogP contribution in [0.3, 0.4) is 0 Å². The summed E-state index contributed by atoms with van der Waals surface area (Å²) in [7, 11) is 3.77. The molecule has 0 bridgehead atoms. The van der Waals surface area contributed by atoms with Crippen LogP contribution in [0.4, 0.5) is 0 Å². The second-order valence-electron chi connectivity index (χ2n) is 4.44. The zero-order chi connectivity index (χ0) is 11.9. The van der Waals surface area contributed by atoms with Gasteiger partial charge >= 0.3 is 0 Å². The number of Topliss-reactive ketones (excluding diaryl/α,β-unsaturated/α-hetero) is 1. The van der Waals surface area contributed by atoms with Crippen molar-refractivity contribution in [1.29, 1.82) is 0 Å². The molecule has 3 heteroatoms. The molecule has 1 aromatic rings. The summed E-state index contributed by atoms with van der Waals surface area (Å²) in [5, 5.41) is 9.77. The summed E-state index contributed by atoms with van der Waals surface area (Å²) < 4.78 is 0. The molecule has 0 saturated carbocycles. The quantitative estimate of drug-likeness (QED) is 0.730. The van der Waals surface area contributed by atoms with Crippen molar-refractivity contribution in [3.8, 4) is 5.75 Å². The molecular formula is C13H15NO2. The Morgan fingerprint density at radius 1 is 1.38 bits per heavy atom. The second kappa shape index (κ2) is 3.67. The molecule has 1 aliphatic rings. The van der Waals surface area contributed by atoms with Gasteiger partial charge in [-0.05, 0) is 24.1 Å². The number of aryl methyl sites for hydroxylation is 1. The number of allylic oxidation sites excluding steroid dienone is 1. The van der Waals surface area contributed by atoms with E-state index in [1.165, 1.54) is 0 Å². The van der Waals surface area contributed by atoms with E-state index in [-0.39, 0.29) is 11.5 Å². The van der Waals surface area contributed by atoms with E-state index in [1.807, 2.05) is 38.2 Å². The highest BCUT2D eigenvalue weighted by Crippen LogP contribution is 2.33. The minimum Gasteiger partial charge on any atom is -0.507 e. The largest absolute Gasteiger partial charge is 0.507 e. The fourth-order valence-electron chi connectivity index (χ4n) is 2.10. The summed E-state index contributed by atoms with van der Waals surface area (Å²) in [5.74, 6) is 0.0448. The van der Waals surface area contributed by atoms with Gasteiger partial charge in [-0.2, -0.15) is 0 Å². The molecule has 0 atom stereocenters. The standard InChI is InChI=1S/C13H15NO2/c1-8-4-9-6-10(7-14(2)3)13(16)12(9)11(15)5-8/h4-5,7,15H,6H2,1-3H3/b10-7-. The number of phenolic OH excluding ortho intramolecular Hbond substituents is 1. The van der Waals surface area contributed by atoms with Crippen molar-refractivity contribution in [2.24, 2.45) is 0 Å². The second-order valence-corrected chi connectivity index (χ2v) is 4.44. The number of hydrogen-bond donors (Lipinski definition) is 1. The predicted molar refractivity (Wildman–Crippen MR) is 62.6 cm³/mol. The molecule has 0 spiro atoms. The van der Waals surface area contributed by atoms with Crippen molar-refractivity contribution in [2.45, 2.75) is 13.3 Å². The van der Waals surface area contributed by atoms with Crippen molar-refractivity contribution in [2.75, 3.05) is 14.1 Å². The van der Waals surface area contributed by atoms with E-state index in [1.54, 1.807) is 6.07 Å². The molecule has 16 heavy (non-hydrogen) atoms. The lowest BCUT2D eigenvalue weighted by atomic mass is 10.1. The summed E-state index contributed by atoms with van der Waals surface area (Å²) in [6.07, 6.45) is 2.43. The molecule has 84 valence electrons. The van der Waals surface area contributed by atoms with Gasteiger partial charge in [0.15, 0.2) is 5.78 Å². The van der Waals surface area contributed by atoms with Gasteiger partial charge in [0.2, 0.25) is 0 Å². The maximum absolute atomic E-state index is 12.0. The minimum atomic E-state index is -0.0544. The van der Waals surface area contributed by atoms with Gasteiger partial charge in [-0.3, -0.25) is 4.79 Å². The Balaban J connectivity index is 2.50. The van der Waals surface area contributed by atoms with E-state index in [0.717, 1.165) is 16.7 Å². The van der Waals surface area contributed by atoms with Crippen molar-refractivity contribution < 1.29 is 9.90 Å². The predicted octanol–water partition coefficient (Wildman–Crippen LogP) is 1.88. The number of nitrogens with zero attached hydrogens (tertiary/aromatic N) is 1. The number of aromatic hydroxyl groups is 1. The van der Waals surface area contributed by atoms with Gasteiger partial charge in [0.05, 0.1) is 5.56 Å². The van der Waals surface area contributed by atoms with E-state index >= 15 is 0 Å². The fraction of sp³-hybridized carbons (Fsp3) is 0.308. The van der Waals surface area contributed by atoms with Gasteiger partial charge in [-0.15, -0.1) is 0 Å². The minimum absolute atomic E-state index is 0.0544. The Bertz CT molecular complexity index is 487. The monoisotopic (exact) mass is 217 g/mol. The number of carbonyl (C=O) groups is 1. The van der Waals surface area contributed by atoms with Crippen molar-refractivity contribution in [3.63, 3.8) is 0 Å². The number of fused-ring (bicyclic) bond motifs is 1. The Morgan fingerprint density at radius 3 is 2.69 bits per heavy atom. The molecular weight excluding hydrogens is 202 g/mol. The van der Waals surface area contributed by atoms with Crippen LogP contribution in [-0.4, -0.2) is 29.9 Å². The average Bonchev–Trinajstić information content (AvgIpc) is 2.41. The van der Waals surface area contributed by atoms with E-state index in [9.17, 15) is 9.90 Å². The first kappa shape index (κ1) is 10.7. The number of rotatable bonds is 1. The van der Waals surface area contributed by atoms with Crippen molar-refractivity contribution in [1.82, 2.24) is 4.90 Å². The molecule has 0 amide bonds. The van der Waals surface area contributed by atoms with E-state index in [4.69, 9.17) is 0 Å². The van der Waals surface area contributed by atoms with Gasteiger partial charge in [0.1, 0.15) is 5.75 Å². The topological polar surface area (TPSA) is 40.5 Å². The lowest BCUT2D eigenvalue weighted by Gasteiger charge is -2.05. The van der Waals surface area contributed by atoms with Crippen LogP contribution in [0.15, 0.2) is 23.9 Å². The number of carbonyl (C=O) groups excluding carboxylic acids is 1. The van der Waals surface area contributed by atoms with Gasteiger partial charge in [-0.1, -0.05) is 6.07 Å². The van der Waals surface area contributed by atoms with Crippen LogP contribution >= 0.6 is 0 Å². The third kappa shape index (κ3) is 1.69. The van der Waals surface area contributed by atoms with E-state index < -0.39 is 0 Å². The highest BCUT2D eigenvalue weighted by molar-refractivity contribution is 6.14. The van der Waals surface area contributed by atoms with Crippen LogP contribution in [0.25, 0.3) is 0 Å². The zero-order valence-corrected chi connectivity index (χ0v) is 9.74. The van der Waals surface area contributed by atoms with Crippen LogP contribution in [0.5, 0.6) is 5.75 Å². The van der Waals surface area contributed by atoms with Gasteiger partial charge in [-0.25, -0.2) is 0 Å². The van der Waals surface area contributed by atoms with Crippen LogP contribution in [0.2, 0.25) is 0 Å². The molecule has 0 aromatic heterocycles. The van der Waals surface area contributed by atoms with Gasteiger partial charge in [0, 0.05) is 32.3 Å². The van der Waals surface area contributed by atoms with Crippen LogP contribution in [-0.2, 0) is 6.42 Å². The van der Waals surface area contributed by atoms with Gasteiger partial charge < -0.3 is 10.0 Å². The lowest BCUT2D eigenvalue weighted by molar-refractivity contribution is 0.103. The Hall–Kier alpha value is -1.77. The molecule has 0 saturated heterocycles. The zero-order valence-electron chi connectivity index (χ0n) is 9.74. The molecule has 0 aliphatic heterocycles. The molecule has 0 unspecified atom stereocenters. The summed E-state index contributed by atoms with van der Waals surface area (Å²) in [6, 6.07) is 3.60. The first-order chi connectivity index (χ1) is 7.49. The van der Waals surface area contributed by atoms with Crippen LogP contribution in [0.1, 0.15) is 21.5 Å².